The number of benzene rings is 2. The van der Waals surface area contributed by atoms with Gasteiger partial charge in [-0.3, -0.25) is 0 Å². The molecule has 0 N–H and O–H groups in total. The van der Waals surface area contributed by atoms with Crippen molar-refractivity contribution in [3.63, 3.8) is 0 Å². The summed E-state index contributed by atoms with van der Waals surface area (Å²) in [5.41, 5.74) is 6.87. The van der Waals surface area contributed by atoms with E-state index in [4.69, 9.17) is 4.42 Å². The highest BCUT2D eigenvalue weighted by Gasteiger charge is 2.35. The van der Waals surface area contributed by atoms with Gasteiger partial charge in [0, 0.05) is 22.7 Å². The monoisotopic (exact) mass is 365 g/mol. The second-order valence-corrected chi connectivity index (χ2v) is 7.54. The summed E-state index contributed by atoms with van der Waals surface area (Å²) in [6.45, 7) is 2.31. The number of rotatable bonds is 2. The first-order valence-corrected chi connectivity index (χ1v) is 9.60. The Morgan fingerprint density at radius 2 is 1.68 bits per heavy atom. The van der Waals surface area contributed by atoms with Gasteiger partial charge in [-0.2, -0.15) is 0 Å². The van der Waals surface area contributed by atoms with Gasteiger partial charge in [0.25, 0.3) is 0 Å². The molecule has 0 bridgehead atoms. The molecule has 0 saturated heterocycles. The molecular formula is C24H22BN2O+. The molecule has 2 aromatic heterocycles. The zero-order valence-corrected chi connectivity index (χ0v) is 16.4. The van der Waals surface area contributed by atoms with Crippen molar-refractivity contribution in [1.29, 1.82) is 0 Å². The molecule has 136 valence electrons. The van der Waals surface area contributed by atoms with E-state index in [9.17, 15) is 0 Å². The van der Waals surface area contributed by atoms with E-state index in [1.165, 1.54) is 32.8 Å². The van der Waals surface area contributed by atoms with Gasteiger partial charge in [-0.25, -0.2) is 4.57 Å². The second-order valence-electron chi connectivity index (χ2n) is 7.54. The minimum Gasteiger partial charge on any atom is -0.457 e. The van der Waals surface area contributed by atoms with E-state index in [-0.39, 0.29) is 6.85 Å². The van der Waals surface area contributed by atoms with Crippen molar-refractivity contribution in [3.05, 3.63) is 83.6 Å². The molecule has 0 amide bonds. The lowest BCUT2D eigenvalue weighted by molar-refractivity contribution is -0.654. The molecule has 4 heteroatoms. The first-order valence-electron chi connectivity index (χ1n) is 9.60. The topological polar surface area (TPSA) is 20.3 Å². The number of aromatic nitrogens is 1. The molecular weight excluding hydrogens is 343 g/mol. The fraction of sp³-hybridized carbons (Fsp3) is 0.125. The Labute approximate surface area is 164 Å². The van der Waals surface area contributed by atoms with Crippen LogP contribution in [0.3, 0.4) is 0 Å². The van der Waals surface area contributed by atoms with Crippen LogP contribution in [0.5, 0.6) is 0 Å². The van der Waals surface area contributed by atoms with E-state index in [0.29, 0.717) is 0 Å². The van der Waals surface area contributed by atoms with Gasteiger partial charge in [-0.05, 0) is 42.8 Å². The maximum atomic E-state index is 6.25. The maximum Gasteiger partial charge on any atom is 0.402 e. The molecule has 1 aliphatic heterocycles. The van der Waals surface area contributed by atoms with Crippen LogP contribution in [0.2, 0.25) is 0 Å². The normalized spacial score (nSPS) is 13.6. The first kappa shape index (κ1) is 16.9. The number of aryl methyl sites for hydroxylation is 1. The number of furan rings is 1. The molecule has 3 nitrogen and oxygen atoms in total. The number of hydrogen-bond acceptors (Lipinski definition) is 2. The number of nitrogens with zero attached hydrogens (tertiary/aromatic N) is 2. The molecule has 0 aliphatic carbocycles. The average Bonchev–Trinajstić information content (AvgIpc) is 3.09. The van der Waals surface area contributed by atoms with Crippen LogP contribution in [0.25, 0.3) is 33.8 Å². The molecule has 4 aromatic rings. The van der Waals surface area contributed by atoms with E-state index < -0.39 is 0 Å². The Morgan fingerprint density at radius 1 is 0.929 bits per heavy atom. The smallest absolute Gasteiger partial charge is 0.402 e. The Kier molecular flexibility index (Phi) is 3.87. The predicted molar refractivity (Wildman–Crippen MR) is 115 cm³/mol. The fourth-order valence-electron chi connectivity index (χ4n) is 4.29. The van der Waals surface area contributed by atoms with Crippen molar-refractivity contribution in [2.75, 3.05) is 7.05 Å². The SMILES string of the molecule is CC1=c2oc3ccccc3c2=CN(C)B1c1cc(-c2ccccc2)cc[n+]1C. The first-order chi connectivity index (χ1) is 13.6. The number of fused-ring (bicyclic) bond motifs is 3. The van der Waals surface area contributed by atoms with Gasteiger partial charge in [0.2, 0.25) is 0 Å². The third kappa shape index (κ3) is 2.56. The number of para-hydroxylation sites is 1. The summed E-state index contributed by atoms with van der Waals surface area (Å²) in [7, 11) is 4.26. The molecule has 0 radical (unpaired) electrons. The zero-order valence-electron chi connectivity index (χ0n) is 16.4. The van der Waals surface area contributed by atoms with E-state index in [1.54, 1.807) is 0 Å². The van der Waals surface area contributed by atoms with Crippen molar-refractivity contribution in [3.8, 4) is 11.1 Å². The van der Waals surface area contributed by atoms with Crippen LogP contribution in [-0.4, -0.2) is 18.7 Å². The summed E-state index contributed by atoms with van der Waals surface area (Å²) in [4.78, 5) is 2.30. The summed E-state index contributed by atoms with van der Waals surface area (Å²) < 4.78 is 8.46. The highest BCUT2D eigenvalue weighted by atomic mass is 16.3. The van der Waals surface area contributed by atoms with Crippen LogP contribution < -0.4 is 20.8 Å². The lowest BCUT2D eigenvalue weighted by atomic mass is 9.50. The average molecular weight is 365 g/mol. The van der Waals surface area contributed by atoms with Crippen LogP contribution in [0, 0.1) is 0 Å². The Bertz CT molecular complexity index is 1310. The summed E-state index contributed by atoms with van der Waals surface area (Å²) in [6, 6.07) is 23.3. The Morgan fingerprint density at radius 3 is 2.50 bits per heavy atom. The van der Waals surface area contributed by atoms with E-state index in [2.05, 4.69) is 97.4 Å². The van der Waals surface area contributed by atoms with Crippen LogP contribution in [0.4, 0.5) is 0 Å². The van der Waals surface area contributed by atoms with E-state index >= 15 is 0 Å². The highest BCUT2D eigenvalue weighted by molar-refractivity contribution is 6.85. The second kappa shape index (κ2) is 6.41. The van der Waals surface area contributed by atoms with Gasteiger partial charge in [0.1, 0.15) is 18.0 Å². The van der Waals surface area contributed by atoms with Crippen molar-refractivity contribution in [2.45, 2.75) is 6.92 Å². The van der Waals surface area contributed by atoms with Crippen LogP contribution in [0.15, 0.2) is 77.3 Å². The van der Waals surface area contributed by atoms with Crippen molar-refractivity contribution >= 4 is 35.1 Å². The lowest BCUT2D eigenvalue weighted by Crippen LogP contribution is -2.62. The van der Waals surface area contributed by atoms with Crippen LogP contribution in [0.1, 0.15) is 6.92 Å². The van der Waals surface area contributed by atoms with Gasteiger partial charge in [0.05, 0.1) is 0 Å². The molecule has 0 fully saturated rings. The Hall–Kier alpha value is -3.27. The predicted octanol–water partition coefficient (Wildman–Crippen LogP) is 2.22. The zero-order chi connectivity index (χ0) is 19.3. The number of pyridine rings is 1. The third-order valence-electron chi connectivity index (χ3n) is 5.72. The van der Waals surface area contributed by atoms with Gasteiger partial charge in [-0.15, -0.1) is 0 Å². The van der Waals surface area contributed by atoms with E-state index in [1.807, 2.05) is 12.1 Å². The summed E-state index contributed by atoms with van der Waals surface area (Å²) >= 11 is 0. The third-order valence-corrected chi connectivity index (χ3v) is 5.72. The van der Waals surface area contributed by atoms with Gasteiger partial charge < -0.3 is 9.23 Å². The molecule has 0 spiro atoms. The van der Waals surface area contributed by atoms with Gasteiger partial charge >= 0.3 is 6.85 Å². The minimum absolute atomic E-state index is 0.127. The molecule has 0 atom stereocenters. The fourth-order valence-corrected chi connectivity index (χ4v) is 4.29. The van der Waals surface area contributed by atoms with Crippen molar-refractivity contribution in [1.82, 2.24) is 4.81 Å². The summed E-state index contributed by atoms with van der Waals surface area (Å²) in [5, 5.41) is 2.35. The van der Waals surface area contributed by atoms with Crippen molar-refractivity contribution < 1.29 is 8.98 Å². The van der Waals surface area contributed by atoms with E-state index in [0.717, 1.165) is 11.0 Å². The Balaban J connectivity index is 1.72. The molecule has 1 aliphatic rings. The van der Waals surface area contributed by atoms with Crippen molar-refractivity contribution in [2.24, 2.45) is 7.05 Å². The lowest BCUT2D eigenvalue weighted by Gasteiger charge is -2.24. The molecule has 28 heavy (non-hydrogen) atoms. The largest absolute Gasteiger partial charge is 0.457 e. The van der Waals surface area contributed by atoms with Crippen LogP contribution in [-0.2, 0) is 7.05 Å². The van der Waals surface area contributed by atoms with Crippen LogP contribution >= 0.6 is 0 Å². The highest BCUT2D eigenvalue weighted by Crippen LogP contribution is 2.18. The maximum absolute atomic E-state index is 6.25. The standard InChI is InChI=1S/C24H22BN2O/c1-17-24-21(20-11-7-8-12-22(20)28-24)16-27(3)25(17)23-15-19(13-14-26(23)2)18-9-5-4-6-10-18/h4-16H,1-3H3/q+1. The minimum atomic E-state index is 0.127. The molecule has 5 rings (SSSR count). The number of hydrogen-bond donors (Lipinski definition) is 0. The quantitative estimate of drug-likeness (QED) is 0.401. The van der Waals surface area contributed by atoms with Gasteiger partial charge in [-0.1, -0.05) is 48.5 Å². The molecule has 3 heterocycles. The summed E-state index contributed by atoms with van der Waals surface area (Å²) in [5.74, 6) is 0. The summed E-state index contributed by atoms with van der Waals surface area (Å²) in [6.07, 6.45) is 4.36. The molecule has 2 aromatic carbocycles. The van der Waals surface area contributed by atoms with Gasteiger partial charge in [0.15, 0.2) is 11.8 Å². The molecule has 0 unspecified atom stereocenters. The molecule has 0 saturated carbocycles.